The Morgan fingerprint density at radius 3 is 1.53 bits per heavy atom. The Bertz CT molecular complexity index is 2130. The highest BCUT2D eigenvalue weighted by atomic mass is 16.5. The van der Waals surface area contributed by atoms with Crippen molar-refractivity contribution in [3.63, 3.8) is 0 Å². The van der Waals surface area contributed by atoms with Gasteiger partial charge in [0.25, 0.3) is 0 Å². The molecule has 0 aliphatic rings. The van der Waals surface area contributed by atoms with Crippen LogP contribution in [0.25, 0.3) is 10.4 Å². The lowest BCUT2D eigenvalue weighted by Crippen LogP contribution is -2.13. The number of rotatable bonds is 11. The van der Waals surface area contributed by atoms with Crippen LogP contribution in [0.1, 0.15) is 56.0 Å². The van der Waals surface area contributed by atoms with Crippen LogP contribution >= 0.6 is 0 Å². The molecule has 3 aromatic carbocycles. The molecule has 5 aromatic rings. The first-order chi connectivity index (χ1) is 27.5. The van der Waals surface area contributed by atoms with E-state index in [9.17, 15) is 14.4 Å². The van der Waals surface area contributed by atoms with E-state index in [1.807, 2.05) is 72.8 Å². The SMILES string of the molecule is CC#CC(=O)OC.COC(=O)c1c(C)nnn1Cc1ccc(OC)cc1.COC(=O)c1nnn(Cc2ccc(OC)cc2)c1C.COc1ccc(CN=[N+]=[N-])cc1. The number of hydrogen-bond donors (Lipinski definition) is 0. The molecule has 0 aliphatic heterocycles. The maximum atomic E-state index is 11.7. The zero-order valence-corrected chi connectivity index (χ0v) is 33.2. The van der Waals surface area contributed by atoms with Gasteiger partial charge in [0.05, 0.1) is 73.7 Å². The predicted molar refractivity (Wildman–Crippen MR) is 208 cm³/mol. The molecule has 18 heteroatoms. The minimum Gasteiger partial charge on any atom is -0.497 e. The Labute approximate surface area is 330 Å². The van der Waals surface area contributed by atoms with E-state index in [0.29, 0.717) is 36.7 Å². The van der Waals surface area contributed by atoms with Gasteiger partial charge in [0, 0.05) is 10.8 Å². The fraction of sp³-hybridized carbons (Fsp3) is 0.308. The molecule has 0 saturated carbocycles. The van der Waals surface area contributed by atoms with Gasteiger partial charge in [-0.3, -0.25) is 0 Å². The zero-order valence-electron chi connectivity index (χ0n) is 33.2. The van der Waals surface area contributed by atoms with Gasteiger partial charge in [0.2, 0.25) is 0 Å². The first kappa shape index (κ1) is 45.8. The van der Waals surface area contributed by atoms with Crippen molar-refractivity contribution in [1.82, 2.24) is 30.0 Å². The third kappa shape index (κ3) is 15.1. The molecule has 18 nitrogen and oxygen atoms in total. The maximum absolute atomic E-state index is 11.7. The highest BCUT2D eigenvalue weighted by Gasteiger charge is 2.18. The second kappa shape index (κ2) is 24.8. The summed E-state index contributed by atoms with van der Waals surface area (Å²) in [6, 6.07) is 22.6. The van der Waals surface area contributed by atoms with Crippen LogP contribution in [-0.4, -0.2) is 90.6 Å². The molecule has 0 bridgehead atoms. The smallest absolute Gasteiger partial charge is 0.384 e. The van der Waals surface area contributed by atoms with Crippen molar-refractivity contribution in [3.8, 4) is 29.1 Å². The van der Waals surface area contributed by atoms with Gasteiger partial charge in [-0.2, -0.15) is 0 Å². The van der Waals surface area contributed by atoms with Gasteiger partial charge in [-0.05, 0) is 79.4 Å². The Kier molecular flexibility index (Phi) is 20.0. The molecule has 300 valence electrons. The number of aromatic nitrogens is 6. The first-order valence-corrected chi connectivity index (χ1v) is 16.9. The van der Waals surface area contributed by atoms with Gasteiger partial charge in [-0.25, -0.2) is 23.7 Å². The van der Waals surface area contributed by atoms with E-state index in [2.05, 4.69) is 52.0 Å². The molecule has 0 aliphatic carbocycles. The van der Waals surface area contributed by atoms with Gasteiger partial charge in [-0.15, -0.1) is 10.2 Å². The van der Waals surface area contributed by atoms with Crippen LogP contribution in [0.4, 0.5) is 0 Å². The summed E-state index contributed by atoms with van der Waals surface area (Å²) in [6.45, 7) is 6.48. The van der Waals surface area contributed by atoms with E-state index in [4.69, 9.17) is 24.5 Å². The summed E-state index contributed by atoms with van der Waals surface area (Å²) in [6.07, 6.45) is 0. The standard InChI is InChI=1S/2C13H15N3O3.C8H9N3O.C5H6O2/c1-9-12(13(17)19-3)14-15-16(9)8-10-4-6-11(18-2)7-5-10;1-9-12(13(17)19-3)16(15-14-9)8-10-4-6-11(18-2)7-5-10;1-12-8-4-2-7(3-5-8)6-10-11-9;1-3-4-5(6)7-2/h2*4-7H,8H2,1-3H3;2-5H,6H2,1H3;1-2H3. The topological polar surface area (TPSA) is 217 Å². The van der Waals surface area contributed by atoms with Crippen molar-refractivity contribution < 1.29 is 42.8 Å². The molecule has 0 saturated heterocycles. The van der Waals surface area contributed by atoms with Crippen LogP contribution in [0.15, 0.2) is 77.9 Å². The van der Waals surface area contributed by atoms with Crippen molar-refractivity contribution in [1.29, 1.82) is 0 Å². The molecular formula is C39H45N9O9. The molecule has 0 atom stereocenters. The van der Waals surface area contributed by atoms with E-state index in [0.717, 1.165) is 33.9 Å². The van der Waals surface area contributed by atoms with E-state index in [1.54, 1.807) is 46.8 Å². The highest BCUT2D eigenvalue weighted by molar-refractivity contribution is 5.89. The Hall–Kier alpha value is -7.38. The monoisotopic (exact) mass is 783 g/mol. The largest absolute Gasteiger partial charge is 0.497 e. The lowest BCUT2D eigenvalue weighted by atomic mass is 10.2. The van der Waals surface area contributed by atoms with Gasteiger partial charge in [0.15, 0.2) is 11.4 Å². The third-order valence-corrected chi connectivity index (χ3v) is 7.51. The second-order valence-corrected chi connectivity index (χ2v) is 11.1. The van der Waals surface area contributed by atoms with Crippen LogP contribution < -0.4 is 14.2 Å². The molecule has 57 heavy (non-hydrogen) atoms. The number of carbonyl (C=O) groups is 3. The number of ether oxygens (including phenoxy) is 6. The summed E-state index contributed by atoms with van der Waals surface area (Å²) >= 11 is 0. The van der Waals surface area contributed by atoms with Gasteiger partial charge < -0.3 is 28.4 Å². The van der Waals surface area contributed by atoms with E-state index in [1.165, 1.54) is 26.0 Å². The van der Waals surface area contributed by atoms with Crippen LogP contribution in [0.2, 0.25) is 0 Å². The fourth-order valence-corrected chi connectivity index (χ4v) is 4.46. The number of methoxy groups -OCH3 is 6. The molecule has 5 rings (SSSR count). The van der Waals surface area contributed by atoms with Crippen molar-refractivity contribution >= 4 is 17.9 Å². The van der Waals surface area contributed by atoms with Crippen molar-refractivity contribution in [2.75, 3.05) is 42.7 Å². The number of aryl methyl sites for hydroxylation is 1. The van der Waals surface area contributed by atoms with E-state index >= 15 is 0 Å². The van der Waals surface area contributed by atoms with E-state index in [-0.39, 0.29) is 5.69 Å². The van der Waals surface area contributed by atoms with E-state index < -0.39 is 17.9 Å². The number of benzene rings is 3. The summed E-state index contributed by atoms with van der Waals surface area (Å²) in [5.74, 6) is 5.58. The maximum Gasteiger partial charge on any atom is 0.384 e. The number of carbonyl (C=O) groups excluding carboxylic acids is 3. The summed E-state index contributed by atoms with van der Waals surface area (Å²) < 4.78 is 31.9. The quantitative estimate of drug-likeness (QED) is 0.0306. The molecule has 0 amide bonds. The molecule has 2 heterocycles. The molecule has 0 radical (unpaired) electrons. The average molecular weight is 784 g/mol. The highest BCUT2D eigenvalue weighted by Crippen LogP contribution is 2.16. The lowest BCUT2D eigenvalue weighted by molar-refractivity contribution is -0.133. The number of hydrogen-bond acceptors (Lipinski definition) is 14. The van der Waals surface area contributed by atoms with Crippen molar-refractivity contribution in [2.24, 2.45) is 5.11 Å². The summed E-state index contributed by atoms with van der Waals surface area (Å²) in [7, 11) is 8.82. The minimum atomic E-state index is -0.484. The van der Waals surface area contributed by atoms with Crippen LogP contribution in [-0.2, 0) is 38.6 Å². The second-order valence-electron chi connectivity index (χ2n) is 11.1. The normalized spacial score (nSPS) is 9.42. The summed E-state index contributed by atoms with van der Waals surface area (Å²) in [5.41, 5.74) is 12.9. The number of esters is 3. The average Bonchev–Trinajstić information content (AvgIpc) is 3.80. The molecule has 0 unspecified atom stereocenters. The number of azide groups is 1. The summed E-state index contributed by atoms with van der Waals surface area (Å²) in [4.78, 5) is 35.8. The lowest BCUT2D eigenvalue weighted by Gasteiger charge is -2.06. The Balaban J connectivity index is 0.000000278. The van der Waals surface area contributed by atoms with Gasteiger partial charge in [-0.1, -0.05) is 57.9 Å². The molecule has 0 N–H and O–H groups in total. The fourth-order valence-electron chi connectivity index (χ4n) is 4.46. The van der Waals surface area contributed by atoms with Gasteiger partial charge in [0.1, 0.15) is 17.2 Å². The number of nitrogens with zero attached hydrogens (tertiary/aromatic N) is 9. The molecule has 0 spiro atoms. The van der Waals surface area contributed by atoms with Crippen LogP contribution in [0, 0.1) is 25.7 Å². The molecule has 2 aromatic heterocycles. The Morgan fingerprint density at radius 2 is 1.12 bits per heavy atom. The van der Waals surface area contributed by atoms with Gasteiger partial charge >= 0.3 is 17.9 Å². The predicted octanol–water partition coefficient (Wildman–Crippen LogP) is 5.55. The minimum absolute atomic E-state index is 0.246. The zero-order chi connectivity index (χ0) is 42.2. The van der Waals surface area contributed by atoms with Crippen molar-refractivity contribution in [3.05, 3.63) is 123 Å². The third-order valence-electron chi connectivity index (χ3n) is 7.51. The summed E-state index contributed by atoms with van der Waals surface area (Å²) in [5, 5.41) is 19.1. The van der Waals surface area contributed by atoms with Crippen LogP contribution in [0.5, 0.6) is 17.2 Å². The first-order valence-electron chi connectivity index (χ1n) is 16.9. The van der Waals surface area contributed by atoms with Crippen molar-refractivity contribution in [2.45, 2.75) is 40.4 Å². The van der Waals surface area contributed by atoms with Crippen LogP contribution in [0.3, 0.4) is 0 Å². The Morgan fingerprint density at radius 1 is 0.667 bits per heavy atom. The molecule has 0 fully saturated rings. The molecular weight excluding hydrogens is 738 g/mol.